The Morgan fingerprint density at radius 2 is 2.29 bits per heavy atom. The van der Waals surface area contributed by atoms with Crippen molar-refractivity contribution in [3.8, 4) is 0 Å². The highest BCUT2D eigenvalue weighted by atomic mass is 79.9. The number of carbonyl (C=O) groups is 1. The van der Waals surface area contributed by atoms with E-state index in [1.54, 1.807) is 12.3 Å². The van der Waals surface area contributed by atoms with Crippen LogP contribution >= 0.6 is 15.9 Å². The van der Waals surface area contributed by atoms with Crippen LogP contribution in [0.5, 0.6) is 0 Å². The number of rotatable bonds is 1. The van der Waals surface area contributed by atoms with Crippen molar-refractivity contribution in [1.82, 2.24) is 4.98 Å². The monoisotopic (exact) mass is 255 g/mol. The van der Waals surface area contributed by atoms with E-state index in [1.165, 1.54) is 0 Å². The third-order valence-corrected chi connectivity index (χ3v) is 2.19. The third-order valence-electron chi connectivity index (χ3n) is 1.75. The number of nitrogen functional groups attached to an aromatic ring is 1. The molecule has 2 heterocycles. The molecular weight excluding hydrogens is 250 g/mol. The number of furan rings is 1. The Labute approximate surface area is 87.2 Å². The van der Waals surface area contributed by atoms with Gasteiger partial charge in [-0.3, -0.25) is 4.79 Å². The molecule has 1 amide bonds. The first-order valence-corrected chi connectivity index (χ1v) is 4.52. The summed E-state index contributed by atoms with van der Waals surface area (Å²) < 4.78 is 5.89. The van der Waals surface area contributed by atoms with Crippen LogP contribution in [0.15, 0.2) is 21.2 Å². The molecule has 14 heavy (non-hydrogen) atoms. The third kappa shape index (κ3) is 1.24. The van der Waals surface area contributed by atoms with Crippen molar-refractivity contribution in [3.05, 3.63) is 22.5 Å². The lowest BCUT2D eigenvalue weighted by Gasteiger charge is -1.89. The van der Waals surface area contributed by atoms with Crippen molar-refractivity contribution in [2.75, 3.05) is 5.73 Å². The van der Waals surface area contributed by atoms with E-state index in [-0.39, 0.29) is 11.4 Å². The molecule has 0 atom stereocenters. The van der Waals surface area contributed by atoms with E-state index in [0.717, 1.165) is 4.47 Å². The van der Waals surface area contributed by atoms with Crippen LogP contribution < -0.4 is 11.5 Å². The van der Waals surface area contributed by atoms with Gasteiger partial charge >= 0.3 is 0 Å². The lowest BCUT2D eigenvalue weighted by atomic mass is 10.3. The number of hydrogen-bond donors (Lipinski definition) is 2. The van der Waals surface area contributed by atoms with Gasteiger partial charge in [0.1, 0.15) is 11.2 Å². The molecule has 5 nitrogen and oxygen atoms in total. The number of nitrogens with zero attached hydrogens (tertiary/aromatic N) is 1. The number of aromatic nitrogens is 1. The first kappa shape index (κ1) is 9.01. The normalized spacial score (nSPS) is 10.6. The SMILES string of the molecule is NC(=O)c1oc2cc(Br)cnc2c1N. The first-order valence-electron chi connectivity index (χ1n) is 3.73. The minimum atomic E-state index is -0.698. The molecule has 0 aromatic carbocycles. The summed E-state index contributed by atoms with van der Waals surface area (Å²) in [4.78, 5) is 14.9. The number of pyridine rings is 1. The Balaban J connectivity index is 2.79. The van der Waals surface area contributed by atoms with Crippen LogP contribution in [0.1, 0.15) is 10.6 Å². The van der Waals surface area contributed by atoms with Crippen LogP contribution in [0.4, 0.5) is 5.69 Å². The standard InChI is InChI=1S/C8H6BrN3O2/c9-3-1-4-6(12-2-3)5(10)7(14-4)8(11)13/h1-2H,10H2,(H2,11,13). The van der Waals surface area contributed by atoms with E-state index in [4.69, 9.17) is 15.9 Å². The zero-order valence-electron chi connectivity index (χ0n) is 6.95. The minimum absolute atomic E-state index is 0.0504. The Kier molecular flexibility index (Phi) is 1.92. The van der Waals surface area contributed by atoms with E-state index in [0.29, 0.717) is 11.1 Å². The molecule has 0 aliphatic carbocycles. The second kappa shape index (κ2) is 2.98. The van der Waals surface area contributed by atoms with Crippen molar-refractivity contribution in [2.45, 2.75) is 0 Å². The molecule has 0 fully saturated rings. The summed E-state index contributed by atoms with van der Waals surface area (Å²) in [5.74, 6) is -0.748. The van der Waals surface area contributed by atoms with Gasteiger partial charge in [-0.1, -0.05) is 0 Å². The van der Waals surface area contributed by atoms with Gasteiger partial charge in [-0.15, -0.1) is 0 Å². The Bertz CT molecular complexity index is 521. The maximum atomic E-state index is 10.9. The highest BCUT2D eigenvalue weighted by Gasteiger charge is 2.16. The van der Waals surface area contributed by atoms with Crippen molar-refractivity contribution in [3.63, 3.8) is 0 Å². The molecule has 0 radical (unpaired) electrons. The smallest absolute Gasteiger partial charge is 0.286 e. The van der Waals surface area contributed by atoms with Gasteiger partial charge in [0.2, 0.25) is 5.76 Å². The van der Waals surface area contributed by atoms with Gasteiger partial charge in [-0.05, 0) is 22.0 Å². The zero-order chi connectivity index (χ0) is 10.3. The molecule has 6 heteroatoms. The molecule has 0 saturated carbocycles. The van der Waals surface area contributed by atoms with Gasteiger partial charge in [-0.2, -0.15) is 0 Å². The van der Waals surface area contributed by atoms with E-state index in [1.807, 2.05) is 0 Å². The predicted molar refractivity (Wildman–Crippen MR) is 54.6 cm³/mol. The molecule has 0 saturated heterocycles. The van der Waals surface area contributed by atoms with E-state index in [2.05, 4.69) is 20.9 Å². The summed E-state index contributed by atoms with van der Waals surface area (Å²) >= 11 is 3.22. The largest absolute Gasteiger partial charge is 0.447 e. The van der Waals surface area contributed by atoms with Gasteiger partial charge in [0.15, 0.2) is 5.58 Å². The molecule has 0 bridgehead atoms. The molecule has 0 unspecified atom stereocenters. The van der Waals surface area contributed by atoms with Crippen molar-refractivity contribution < 1.29 is 9.21 Å². The number of amides is 1. The van der Waals surface area contributed by atoms with Crippen molar-refractivity contribution in [1.29, 1.82) is 0 Å². The zero-order valence-corrected chi connectivity index (χ0v) is 8.54. The fourth-order valence-corrected chi connectivity index (χ4v) is 1.47. The van der Waals surface area contributed by atoms with Gasteiger partial charge in [0.25, 0.3) is 5.91 Å². The number of halogens is 1. The van der Waals surface area contributed by atoms with Gasteiger partial charge < -0.3 is 15.9 Å². The maximum Gasteiger partial charge on any atom is 0.286 e. The molecule has 0 aliphatic rings. The average molecular weight is 256 g/mol. The number of anilines is 1. The predicted octanol–water partition coefficient (Wildman–Crippen LogP) is 1.27. The van der Waals surface area contributed by atoms with E-state index >= 15 is 0 Å². The summed E-state index contributed by atoms with van der Waals surface area (Å²) in [6.45, 7) is 0. The number of fused-ring (bicyclic) bond motifs is 1. The van der Waals surface area contributed by atoms with Gasteiger partial charge in [-0.25, -0.2) is 4.98 Å². The second-order valence-corrected chi connectivity index (χ2v) is 3.63. The summed E-state index contributed by atoms with van der Waals surface area (Å²) in [5.41, 5.74) is 11.7. The fourth-order valence-electron chi connectivity index (χ4n) is 1.16. The van der Waals surface area contributed by atoms with Crippen molar-refractivity contribution >= 4 is 38.6 Å². The van der Waals surface area contributed by atoms with Crippen LogP contribution in [0, 0.1) is 0 Å². The summed E-state index contributed by atoms with van der Waals surface area (Å²) in [5, 5.41) is 0. The molecule has 2 aromatic rings. The second-order valence-electron chi connectivity index (χ2n) is 2.71. The molecule has 2 rings (SSSR count). The number of nitrogens with two attached hydrogens (primary N) is 2. The average Bonchev–Trinajstić information content (AvgIpc) is 2.43. The molecule has 0 aliphatic heterocycles. The van der Waals surface area contributed by atoms with Gasteiger partial charge in [0, 0.05) is 10.7 Å². The van der Waals surface area contributed by atoms with Crippen molar-refractivity contribution in [2.24, 2.45) is 5.73 Å². The molecule has 0 spiro atoms. The Hall–Kier alpha value is -1.56. The van der Waals surface area contributed by atoms with Crippen LogP contribution in [0.3, 0.4) is 0 Å². The first-order chi connectivity index (χ1) is 6.59. The lowest BCUT2D eigenvalue weighted by molar-refractivity contribution is 0.0977. The van der Waals surface area contributed by atoms with E-state index in [9.17, 15) is 4.79 Å². The van der Waals surface area contributed by atoms with Crippen LogP contribution in [-0.4, -0.2) is 10.9 Å². The van der Waals surface area contributed by atoms with E-state index < -0.39 is 5.91 Å². The summed E-state index contributed by atoms with van der Waals surface area (Å²) in [6, 6.07) is 1.67. The minimum Gasteiger partial charge on any atom is -0.447 e. The topological polar surface area (TPSA) is 95.1 Å². The van der Waals surface area contributed by atoms with Crippen LogP contribution in [0.25, 0.3) is 11.1 Å². The highest BCUT2D eigenvalue weighted by molar-refractivity contribution is 9.10. The fraction of sp³-hybridized carbons (Fsp3) is 0. The lowest BCUT2D eigenvalue weighted by Crippen LogP contribution is -2.11. The molecule has 4 N–H and O–H groups in total. The molecular formula is C8H6BrN3O2. The quantitative estimate of drug-likeness (QED) is 0.803. The van der Waals surface area contributed by atoms with Crippen LogP contribution in [0.2, 0.25) is 0 Å². The highest BCUT2D eigenvalue weighted by Crippen LogP contribution is 2.27. The van der Waals surface area contributed by atoms with Crippen LogP contribution in [-0.2, 0) is 0 Å². The number of hydrogen-bond acceptors (Lipinski definition) is 4. The maximum absolute atomic E-state index is 10.9. The summed E-state index contributed by atoms with van der Waals surface area (Å²) in [6.07, 6.45) is 1.57. The molecule has 2 aromatic heterocycles. The Morgan fingerprint density at radius 3 is 2.93 bits per heavy atom. The summed E-state index contributed by atoms with van der Waals surface area (Å²) in [7, 11) is 0. The molecule has 72 valence electrons. The number of carbonyl (C=O) groups excluding carboxylic acids is 1. The Morgan fingerprint density at radius 1 is 1.57 bits per heavy atom. The van der Waals surface area contributed by atoms with Gasteiger partial charge in [0.05, 0.1) is 0 Å². The number of primary amides is 1.